The summed E-state index contributed by atoms with van der Waals surface area (Å²) in [5.41, 5.74) is 0.106. The summed E-state index contributed by atoms with van der Waals surface area (Å²) >= 11 is 0. The zero-order chi connectivity index (χ0) is 28.2. The van der Waals surface area contributed by atoms with Gasteiger partial charge in [0.05, 0.1) is 22.3 Å². The van der Waals surface area contributed by atoms with E-state index in [1.54, 1.807) is 20.2 Å². The van der Waals surface area contributed by atoms with Crippen LogP contribution < -0.4 is 16.0 Å². The van der Waals surface area contributed by atoms with E-state index in [2.05, 4.69) is 16.0 Å². The van der Waals surface area contributed by atoms with Crippen LogP contribution >= 0.6 is 0 Å². The van der Waals surface area contributed by atoms with Crippen LogP contribution in [0.25, 0.3) is 0 Å². The molecule has 11 heteroatoms. The summed E-state index contributed by atoms with van der Waals surface area (Å²) in [7, 11) is 3.20. The van der Waals surface area contributed by atoms with Crippen molar-refractivity contribution in [2.24, 2.45) is 0 Å². The number of carbonyl (C=O) groups is 4. The Kier molecular flexibility index (Phi) is 11.3. The fraction of sp³-hybridized carbons (Fsp3) is 0.333. The van der Waals surface area contributed by atoms with Crippen LogP contribution in [-0.2, 0) is 0 Å². The fourth-order valence-electron chi connectivity index (χ4n) is 3.57. The molecular formula is C27H33N5O6. The van der Waals surface area contributed by atoms with E-state index in [0.717, 1.165) is 0 Å². The molecule has 5 N–H and O–H groups in total. The number of nitrogens with one attached hydrogen (secondary N) is 3. The molecule has 202 valence electrons. The van der Waals surface area contributed by atoms with Gasteiger partial charge in [-0.3, -0.25) is 24.5 Å². The van der Waals surface area contributed by atoms with Crippen molar-refractivity contribution in [3.05, 3.63) is 58.7 Å². The third-order valence-electron chi connectivity index (χ3n) is 5.76. The summed E-state index contributed by atoms with van der Waals surface area (Å²) in [5, 5.41) is 29.1. The van der Waals surface area contributed by atoms with Crippen LogP contribution in [-0.4, -0.2) is 96.9 Å². The lowest BCUT2D eigenvalue weighted by Gasteiger charge is -2.19. The highest BCUT2D eigenvalue weighted by Gasteiger charge is 2.21. The Labute approximate surface area is 221 Å². The van der Waals surface area contributed by atoms with Gasteiger partial charge in [0, 0.05) is 59.4 Å². The Balaban J connectivity index is 1.70. The number of likely N-dealkylation sites (N-methyl/N-ethyl adjacent to an activating group) is 2. The number of carbonyl (C=O) groups excluding carboxylic acids is 4. The third-order valence-corrected chi connectivity index (χ3v) is 5.76. The number of phenols is 2. The van der Waals surface area contributed by atoms with Gasteiger partial charge in [-0.1, -0.05) is 18.6 Å². The number of Topliss-reactive ketones (excluding diaryl/α,β-unsaturated/α-hetero) is 1. The molecule has 0 aliphatic heterocycles. The van der Waals surface area contributed by atoms with Crippen molar-refractivity contribution >= 4 is 23.5 Å². The van der Waals surface area contributed by atoms with Crippen molar-refractivity contribution in [2.45, 2.75) is 6.92 Å². The number of amides is 3. The molecule has 3 amide bonds. The number of hydrogen-bond donors (Lipinski definition) is 5. The lowest BCUT2D eigenvalue weighted by molar-refractivity contribution is 0.0783. The van der Waals surface area contributed by atoms with Gasteiger partial charge < -0.3 is 30.6 Å². The second-order valence-electron chi connectivity index (χ2n) is 8.51. The Morgan fingerprint density at radius 2 is 1.18 bits per heavy atom. The summed E-state index contributed by atoms with van der Waals surface area (Å²) in [6.07, 6.45) is 5.05. The lowest BCUT2D eigenvalue weighted by atomic mass is 10.1. The number of aromatic hydroxyl groups is 2. The second kappa shape index (κ2) is 14.4. The molecule has 38 heavy (non-hydrogen) atoms. The summed E-state index contributed by atoms with van der Waals surface area (Å²) in [5.74, 6) is -2.56. The molecule has 0 unspecified atom stereocenters. The number of ketones is 1. The first-order chi connectivity index (χ1) is 18.1. The van der Waals surface area contributed by atoms with Crippen molar-refractivity contribution in [1.82, 2.24) is 25.8 Å². The van der Waals surface area contributed by atoms with Crippen molar-refractivity contribution in [1.29, 1.82) is 0 Å². The molecule has 0 heterocycles. The van der Waals surface area contributed by atoms with Gasteiger partial charge in [0.25, 0.3) is 17.7 Å². The van der Waals surface area contributed by atoms with Crippen molar-refractivity contribution in [2.75, 3.05) is 53.4 Å². The van der Waals surface area contributed by atoms with Gasteiger partial charge >= 0.3 is 0 Å². The minimum Gasteiger partial charge on any atom is -0.506 e. The van der Waals surface area contributed by atoms with Gasteiger partial charge in [0.15, 0.2) is 5.78 Å². The van der Waals surface area contributed by atoms with E-state index in [1.807, 2.05) is 6.04 Å². The SMILES string of the molecule is C#CNC(=O)c1cccc(C(=O)N(C)CCNCCNCCN(C)C(=O)c2cccc(C(C)=O)c2O)c1O. The molecule has 2 aromatic carbocycles. The number of hydrogen-bond acceptors (Lipinski definition) is 8. The third kappa shape index (κ3) is 7.80. The van der Waals surface area contributed by atoms with E-state index >= 15 is 0 Å². The molecular weight excluding hydrogens is 490 g/mol. The minimum atomic E-state index is -0.674. The fourth-order valence-corrected chi connectivity index (χ4v) is 3.57. The average molecular weight is 524 g/mol. The molecule has 0 aliphatic carbocycles. The van der Waals surface area contributed by atoms with Crippen LogP contribution in [0.5, 0.6) is 11.5 Å². The molecule has 2 rings (SSSR count). The van der Waals surface area contributed by atoms with Crippen molar-refractivity contribution < 1.29 is 29.4 Å². The largest absolute Gasteiger partial charge is 0.506 e. The van der Waals surface area contributed by atoms with Crippen LogP contribution in [0.2, 0.25) is 0 Å². The summed E-state index contributed by atoms with van der Waals surface area (Å²) < 4.78 is 0. The Bertz CT molecular complexity index is 1220. The van der Waals surface area contributed by atoms with Gasteiger partial charge in [-0.25, -0.2) is 0 Å². The van der Waals surface area contributed by atoms with Crippen LogP contribution in [0.15, 0.2) is 36.4 Å². The Morgan fingerprint density at radius 1 is 0.763 bits per heavy atom. The van der Waals surface area contributed by atoms with Gasteiger partial charge in [-0.2, -0.15) is 0 Å². The van der Waals surface area contributed by atoms with Crippen LogP contribution in [0.4, 0.5) is 0 Å². The maximum absolute atomic E-state index is 12.7. The highest BCUT2D eigenvalue weighted by atomic mass is 16.3. The standard InChI is InChI=1S/C27H33N5O6/c1-5-30-25(36)20-9-7-11-22(24(20)35)27(38)32(4)17-15-29-13-12-28-14-16-31(3)26(37)21-10-6-8-19(18(2)33)23(21)34/h1,6-11,28-29,34-35H,12-17H2,2-4H3,(H,30,36). The highest BCUT2D eigenvalue weighted by Crippen LogP contribution is 2.24. The molecule has 0 aliphatic rings. The quantitative estimate of drug-likeness (QED) is 0.111. The van der Waals surface area contributed by atoms with E-state index in [9.17, 15) is 29.4 Å². The van der Waals surface area contributed by atoms with Gasteiger partial charge in [-0.05, 0) is 31.2 Å². The topological polar surface area (TPSA) is 151 Å². The van der Waals surface area contributed by atoms with E-state index in [1.165, 1.54) is 47.1 Å². The van der Waals surface area contributed by atoms with E-state index in [4.69, 9.17) is 6.42 Å². The molecule has 0 bridgehead atoms. The van der Waals surface area contributed by atoms with Crippen LogP contribution in [0.3, 0.4) is 0 Å². The second-order valence-corrected chi connectivity index (χ2v) is 8.51. The molecule has 0 saturated carbocycles. The molecule has 0 spiro atoms. The number of benzene rings is 2. The maximum Gasteiger partial charge on any atom is 0.266 e. The van der Waals surface area contributed by atoms with E-state index in [-0.39, 0.29) is 39.7 Å². The number of rotatable bonds is 13. The van der Waals surface area contributed by atoms with Crippen molar-refractivity contribution in [3.8, 4) is 24.0 Å². The molecule has 11 nitrogen and oxygen atoms in total. The highest BCUT2D eigenvalue weighted by molar-refractivity contribution is 6.04. The summed E-state index contributed by atoms with van der Waals surface area (Å²) in [6, 6.07) is 10.8. The Hall–Kier alpha value is -4.40. The first-order valence-electron chi connectivity index (χ1n) is 11.9. The van der Waals surface area contributed by atoms with Crippen LogP contribution in [0.1, 0.15) is 48.4 Å². The molecule has 2 aromatic rings. The predicted octanol–water partition coefficient (Wildman–Crippen LogP) is 0.644. The zero-order valence-electron chi connectivity index (χ0n) is 21.7. The molecule has 0 aromatic heterocycles. The first-order valence-corrected chi connectivity index (χ1v) is 11.9. The average Bonchev–Trinajstić information content (AvgIpc) is 2.89. The lowest BCUT2D eigenvalue weighted by Crippen LogP contribution is -2.38. The smallest absolute Gasteiger partial charge is 0.266 e. The summed E-state index contributed by atoms with van der Waals surface area (Å²) in [4.78, 5) is 51.7. The Morgan fingerprint density at radius 3 is 1.63 bits per heavy atom. The first kappa shape index (κ1) is 29.8. The van der Waals surface area contributed by atoms with Gasteiger partial charge in [0.1, 0.15) is 11.5 Å². The molecule has 0 atom stereocenters. The minimum absolute atomic E-state index is 0.00107. The monoisotopic (exact) mass is 523 g/mol. The molecule has 0 radical (unpaired) electrons. The molecule has 0 saturated heterocycles. The van der Waals surface area contributed by atoms with Gasteiger partial charge in [0.2, 0.25) is 0 Å². The van der Waals surface area contributed by atoms with Crippen LogP contribution in [0, 0.1) is 12.5 Å². The zero-order valence-corrected chi connectivity index (χ0v) is 21.7. The predicted molar refractivity (Wildman–Crippen MR) is 142 cm³/mol. The van der Waals surface area contributed by atoms with Crippen molar-refractivity contribution in [3.63, 3.8) is 0 Å². The summed E-state index contributed by atoms with van der Waals surface area (Å²) in [6.45, 7) is 4.30. The number of nitrogens with zero attached hydrogens (tertiary/aromatic N) is 2. The maximum atomic E-state index is 12.7. The normalized spacial score (nSPS) is 10.4. The number of terminal acetylenes is 1. The van der Waals surface area contributed by atoms with E-state index in [0.29, 0.717) is 39.3 Å². The van der Waals surface area contributed by atoms with E-state index < -0.39 is 17.6 Å². The van der Waals surface area contributed by atoms with Gasteiger partial charge in [-0.15, -0.1) is 0 Å². The molecule has 0 fully saturated rings. The number of phenolic OH excluding ortho intramolecular Hbond substituents is 2. The number of para-hydroxylation sites is 2.